The number of hydrogen-bond acceptors (Lipinski definition) is 3. The van der Waals surface area contributed by atoms with Crippen molar-refractivity contribution in [1.29, 1.82) is 0 Å². The number of carbonyl (C=O) groups is 2. The second kappa shape index (κ2) is 5.30. The number of anilines is 1. The highest BCUT2D eigenvalue weighted by Gasteiger charge is 2.37. The maximum Gasteiger partial charge on any atom is 0.266 e. The van der Waals surface area contributed by atoms with Crippen LogP contribution in [0.1, 0.15) is 40.1 Å². The summed E-state index contributed by atoms with van der Waals surface area (Å²) in [6.45, 7) is 5.74. The number of hydrogen-bond donors (Lipinski definition) is 0. The van der Waals surface area contributed by atoms with Crippen LogP contribution in [0.15, 0.2) is 42.5 Å². The van der Waals surface area contributed by atoms with E-state index in [1.54, 1.807) is 30.3 Å². The molecule has 2 amide bonds. The molecule has 1 heterocycles. The molecule has 0 unspecified atom stereocenters. The van der Waals surface area contributed by atoms with Crippen LogP contribution in [0, 0.1) is 6.92 Å². The summed E-state index contributed by atoms with van der Waals surface area (Å²) in [5, 5.41) is 0. The number of ether oxygens (including phenoxy) is 1. The molecule has 22 heavy (non-hydrogen) atoms. The minimum Gasteiger partial charge on any atom is -0.491 e. The molecule has 0 spiro atoms. The van der Waals surface area contributed by atoms with Gasteiger partial charge in [-0.2, -0.15) is 0 Å². The van der Waals surface area contributed by atoms with E-state index in [0.29, 0.717) is 22.6 Å². The fourth-order valence-corrected chi connectivity index (χ4v) is 2.58. The predicted octanol–water partition coefficient (Wildman–Crippen LogP) is 3.58. The molecule has 2 aromatic rings. The Morgan fingerprint density at radius 2 is 1.55 bits per heavy atom. The average Bonchev–Trinajstić information content (AvgIpc) is 2.73. The first-order valence-electron chi connectivity index (χ1n) is 7.24. The Morgan fingerprint density at radius 1 is 0.955 bits per heavy atom. The maximum absolute atomic E-state index is 12.6. The normalized spacial score (nSPS) is 13.7. The molecule has 0 atom stereocenters. The number of benzene rings is 2. The minimum atomic E-state index is -0.287. The Balaban J connectivity index is 2.05. The van der Waals surface area contributed by atoms with Gasteiger partial charge in [0, 0.05) is 6.07 Å². The van der Waals surface area contributed by atoms with Crippen LogP contribution in [0.4, 0.5) is 5.69 Å². The molecule has 0 bridgehead atoms. The molecule has 0 saturated heterocycles. The standard InChI is InChI=1S/C18H17NO3/c1-11(2)22-13-9-8-12(3)16(10-13)19-17(20)14-6-4-5-7-15(14)18(19)21/h4-11H,1-3H3. The van der Waals surface area contributed by atoms with E-state index < -0.39 is 0 Å². The predicted molar refractivity (Wildman–Crippen MR) is 84.5 cm³/mol. The fourth-order valence-electron chi connectivity index (χ4n) is 2.58. The van der Waals surface area contributed by atoms with Gasteiger partial charge in [0.15, 0.2) is 0 Å². The van der Waals surface area contributed by atoms with E-state index in [1.807, 2.05) is 32.9 Å². The van der Waals surface area contributed by atoms with Crippen molar-refractivity contribution in [2.75, 3.05) is 4.90 Å². The second-order valence-electron chi connectivity index (χ2n) is 5.61. The number of aryl methyl sites for hydroxylation is 1. The van der Waals surface area contributed by atoms with Crippen molar-refractivity contribution < 1.29 is 14.3 Å². The number of amides is 2. The summed E-state index contributed by atoms with van der Waals surface area (Å²) < 4.78 is 5.67. The molecule has 4 heteroatoms. The molecule has 0 aromatic heterocycles. The summed E-state index contributed by atoms with van der Waals surface area (Å²) in [7, 11) is 0. The molecular formula is C18H17NO3. The minimum absolute atomic E-state index is 0.0257. The van der Waals surface area contributed by atoms with Crippen LogP contribution in [0.5, 0.6) is 5.75 Å². The molecule has 1 aliphatic heterocycles. The van der Waals surface area contributed by atoms with Crippen molar-refractivity contribution in [3.05, 3.63) is 59.2 Å². The lowest BCUT2D eigenvalue weighted by Crippen LogP contribution is -2.30. The summed E-state index contributed by atoms with van der Waals surface area (Å²) in [5.41, 5.74) is 2.32. The van der Waals surface area contributed by atoms with Crippen LogP contribution in [0.25, 0.3) is 0 Å². The molecule has 0 radical (unpaired) electrons. The lowest BCUT2D eigenvalue weighted by atomic mass is 10.1. The topological polar surface area (TPSA) is 46.6 Å². The number of fused-ring (bicyclic) bond motifs is 1. The van der Waals surface area contributed by atoms with Crippen molar-refractivity contribution >= 4 is 17.5 Å². The van der Waals surface area contributed by atoms with Crippen LogP contribution in [-0.2, 0) is 0 Å². The van der Waals surface area contributed by atoms with Crippen molar-refractivity contribution in [2.45, 2.75) is 26.9 Å². The first kappa shape index (κ1) is 14.3. The number of nitrogens with zero attached hydrogens (tertiary/aromatic N) is 1. The summed E-state index contributed by atoms with van der Waals surface area (Å²) in [4.78, 5) is 26.3. The molecule has 0 saturated carbocycles. The summed E-state index contributed by atoms with van der Waals surface area (Å²) in [5.74, 6) is 0.0722. The SMILES string of the molecule is Cc1ccc(OC(C)C)cc1N1C(=O)c2ccccc2C1=O. The molecular weight excluding hydrogens is 278 g/mol. The van der Waals surface area contributed by atoms with E-state index in [2.05, 4.69) is 0 Å². The van der Waals surface area contributed by atoms with Gasteiger partial charge in [-0.1, -0.05) is 18.2 Å². The highest BCUT2D eigenvalue weighted by atomic mass is 16.5. The number of imide groups is 1. The third-order valence-corrected chi connectivity index (χ3v) is 3.59. The Kier molecular flexibility index (Phi) is 3.45. The second-order valence-corrected chi connectivity index (χ2v) is 5.61. The van der Waals surface area contributed by atoms with Gasteiger partial charge >= 0.3 is 0 Å². The molecule has 0 N–H and O–H groups in total. The van der Waals surface area contributed by atoms with Gasteiger partial charge in [0.25, 0.3) is 11.8 Å². The zero-order valence-electron chi connectivity index (χ0n) is 12.8. The van der Waals surface area contributed by atoms with Crippen LogP contribution in [0.3, 0.4) is 0 Å². The van der Waals surface area contributed by atoms with Gasteiger partial charge in [-0.3, -0.25) is 9.59 Å². The fraction of sp³-hybridized carbons (Fsp3) is 0.222. The monoisotopic (exact) mass is 295 g/mol. The molecule has 2 aromatic carbocycles. The van der Waals surface area contributed by atoms with Gasteiger partial charge in [-0.25, -0.2) is 4.90 Å². The van der Waals surface area contributed by atoms with Crippen molar-refractivity contribution in [2.24, 2.45) is 0 Å². The van der Waals surface area contributed by atoms with Crippen molar-refractivity contribution in [1.82, 2.24) is 0 Å². The highest BCUT2D eigenvalue weighted by Crippen LogP contribution is 2.33. The Morgan fingerprint density at radius 3 is 2.09 bits per heavy atom. The van der Waals surface area contributed by atoms with Crippen LogP contribution < -0.4 is 9.64 Å². The van der Waals surface area contributed by atoms with Crippen LogP contribution >= 0.6 is 0 Å². The largest absolute Gasteiger partial charge is 0.491 e. The van der Waals surface area contributed by atoms with E-state index in [9.17, 15) is 9.59 Å². The van der Waals surface area contributed by atoms with Crippen molar-refractivity contribution in [3.63, 3.8) is 0 Å². The van der Waals surface area contributed by atoms with Gasteiger partial charge in [0.1, 0.15) is 5.75 Å². The highest BCUT2D eigenvalue weighted by molar-refractivity contribution is 6.34. The lowest BCUT2D eigenvalue weighted by molar-refractivity contribution is 0.0926. The van der Waals surface area contributed by atoms with Gasteiger partial charge in [-0.05, 0) is 44.5 Å². The Hall–Kier alpha value is -2.62. The van der Waals surface area contributed by atoms with E-state index >= 15 is 0 Å². The molecule has 112 valence electrons. The van der Waals surface area contributed by atoms with E-state index in [0.717, 1.165) is 5.56 Å². The number of rotatable bonds is 3. The maximum atomic E-state index is 12.6. The van der Waals surface area contributed by atoms with Crippen molar-refractivity contribution in [3.8, 4) is 5.75 Å². The van der Waals surface area contributed by atoms with Gasteiger partial charge < -0.3 is 4.74 Å². The van der Waals surface area contributed by atoms with E-state index in [-0.39, 0.29) is 17.9 Å². The molecule has 0 fully saturated rings. The first-order valence-corrected chi connectivity index (χ1v) is 7.24. The van der Waals surface area contributed by atoms with E-state index in [1.165, 1.54) is 4.90 Å². The Labute approximate surface area is 129 Å². The van der Waals surface area contributed by atoms with Crippen LogP contribution in [-0.4, -0.2) is 17.9 Å². The quantitative estimate of drug-likeness (QED) is 0.813. The summed E-state index contributed by atoms with van der Waals surface area (Å²) >= 11 is 0. The van der Waals surface area contributed by atoms with E-state index in [4.69, 9.17) is 4.74 Å². The van der Waals surface area contributed by atoms with Gasteiger partial charge in [-0.15, -0.1) is 0 Å². The molecule has 0 aliphatic carbocycles. The summed E-state index contributed by atoms with van der Waals surface area (Å²) in [6, 6.07) is 12.3. The molecule has 4 nitrogen and oxygen atoms in total. The number of carbonyl (C=O) groups excluding carboxylic acids is 2. The third kappa shape index (κ3) is 2.26. The molecule has 3 rings (SSSR count). The lowest BCUT2D eigenvalue weighted by Gasteiger charge is -2.19. The Bertz CT molecular complexity index is 730. The first-order chi connectivity index (χ1) is 10.5. The smallest absolute Gasteiger partial charge is 0.266 e. The van der Waals surface area contributed by atoms with Gasteiger partial charge in [0.05, 0.1) is 22.9 Å². The third-order valence-electron chi connectivity index (χ3n) is 3.59. The molecule has 1 aliphatic rings. The summed E-state index contributed by atoms with van der Waals surface area (Å²) in [6.07, 6.45) is 0.0257. The zero-order chi connectivity index (χ0) is 15.9. The average molecular weight is 295 g/mol. The van der Waals surface area contributed by atoms with Gasteiger partial charge in [0.2, 0.25) is 0 Å². The van der Waals surface area contributed by atoms with Crippen LogP contribution in [0.2, 0.25) is 0 Å². The zero-order valence-corrected chi connectivity index (χ0v) is 12.8.